The van der Waals surface area contributed by atoms with Gasteiger partial charge in [0, 0.05) is 18.5 Å². The molecule has 1 aliphatic carbocycles. The van der Waals surface area contributed by atoms with Gasteiger partial charge < -0.3 is 15.7 Å². The minimum absolute atomic E-state index is 0.00879. The third-order valence-corrected chi connectivity index (χ3v) is 3.19. The molecule has 0 heterocycles. The molecule has 3 atom stereocenters. The van der Waals surface area contributed by atoms with E-state index in [2.05, 4.69) is 10.6 Å². The highest BCUT2D eigenvalue weighted by atomic mass is 16.4. The number of carbonyl (C=O) groups is 2. The molecule has 17 heavy (non-hydrogen) atoms. The first kappa shape index (κ1) is 14.0. The highest BCUT2D eigenvalue weighted by Gasteiger charge is 2.30. The van der Waals surface area contributed by atoms with Gasteiger partial charge in [-0.3, -0.25) is 9.59 Å². The Morgan fingerprint density at radius 3 is 2.65 bits per heavy atom. The van der Waals surface area contributed by atoms with E-state index in [0.29, 0.717) is 19.3 Å². The highest BCUT2D eigenvalue weighted by Crippen LogP contribution is 2.25. The van der Waals surface area contributed by atoms with Gasteiger partial charge in [-0.25, -0.2) is 0 Å². The van der Waals surface area contributed by atoms with E-state index in [9.17, 15) is 9.59 Å². The molecule has 0 aromatic rings. The van der Waals surface area contributed by atoms with Crippen molar-refractivity contribution in [2.24, 2.45) is 5.92 Å². The predicted molar refractivity (Wildman–Crippen MR) is 64.7 cm³/mol. The zero-order valence-electron chi connectivity index (χ0n) is 10.5. The summed E-state index contributed by atoms with van der Waals surface area (Å²) in [4.78, 5) is 22.4. The van der Waals surface area contributed by atoms with Crippen molar-refractivity contribution in [2.45, 2.75) is 51.6 Å². The average Bonchev–Trinajstić information content (AvgIpc) is 2.66. The van der Waals surface area contributed by atoms with Crippen LogP contribution < -0.4 is 10.6 Å². The third-order valence-electron chi connectivity index (χ3n) is 3.19. The zero-order valence-corrected chi connectivity index (χ0v) is 10.5. The molecule has 5 nitrogen and oxygen atoms in total. The molecule has 0 aromatic carbocycles. The molecule has 1 aliphatic rings. The number of carboxylic acid groups (broad SMARTS) is 1. The molecular formula is C12H22N2O3. The molecular weight excluding hydrogens is 220 g/mol. The summed E-state index contributed by atoms with van der Waals surface area (Å²) >= 11 is 0. The van der Waals surface area contributed by atoms with Crippen LogP contribution in [0, 0.1) is 5.92 Å². The zero-order chi connectivity index (χ0) is 12.8. The Morgan fingerprint density at radius 1 is 1.41 bits per heavy atom. The second-order valence-corrected chi connectivity index (χ2v) is 4.78. The fourth-order valence-electron chi connectivity index (χ4n) is 2.32. The van der Waals surface area contributed by atoms with Crippen LogP contribution in [0.25, 0.3) is 0 Å². The standard InChI is InChI=1S/C12H22N2O3/c1-3-13-8(2)6-11(15)14-10-5-4-9(7-10)12(16)17/h8-10,13H,3-7H2,1-2H3,(H,14,15)(H,16,17)/t8?,9-,10+/m1/s1. The number of carbonyl (C=O) groups excluding carboxylic acids is 1. The first-order valence-electron chi connectivity index (χ1n) is 6.28. The number of hydrogen-bond acceptors (Lipinski definition) is 3. The van der Waals surface area contributed by atoms with E-state index in [0.717, 1.165) is 13.0 Å². The monoisotopic (exact) mass is 242 g/mol. The van der Waals surface area contributed by atoms with Crippen molar-refractivity contribution in [2.75, 3.05) is 6.54 Å². The third kappa shape index (κ3) is 4.73. The Hall–Kier alpha value is -1.10. The van der Waals surface area contributed by atoms with Gasteiger partial charge in [0.2, 0.25) is 5.91 Å². The fraction of sp³-hybridized carbons (Fsp3) is 0.833. The maximum Gasteiger partial charge on any atom is 0.306 e. The molecule has 1 fully saturated rings. The van der Waals surface area contributed by atoms with Crippen molar-refractivity contribution < 1.29 is 14.7 Å². The summed E-state index contributed by atoms with van der Waals surface area (Å²) in [5.41, 5.74) is 0. The fourth-order valence-corrected chi connectivity index (χ4v) is 2.32. The Kier molecular flexibility index (Phi) is 5.41. The van der Waals surface area contributed by atoms with Crippen LogP contribution in [0.1, 0.15) is 39.5 Å². The van der Waals surface area contributed by atoms with Crippen molar-refractivity contribution >= 4 is 11.9 Å². The van der Waals surface area contributed by atoms with Gasteiger partial charge in [0.05, 0.1) is 5.92 Å². The molecule has 0 spiro atoms. The molecule has 3 N–H and O–H groups in total. The normalized spacial score (nSPS) is 25.5. The van der Waals surface area contributed by atoms with E-state index in [4.69, 9.17) is 5.11 Å². The van der Waals surface area contributed by atoms with Gasteiger partial charge in [0.15, 0.2) is 0 Å². The lowest BCUT2D eigenvalue weighted by Crippen LogP contribution is -2.38. The number of carboxylic acids is 1. The highest BCUT2D eigenvalue weighted by molar-refractivity contribution is 5.77. The van der Waals surface area contributed by atoms with Gasteiger partial charge in [0.25, 0.3) is 0 Å². The molecule has 98 valence electrons. The van der Waals surface area contributed by atoms with Crippen LogP contribution in [-0.2, 0) is 9.59 Å². The predicted octanol–water partition coefficient (Wildman–Crippen LogP) is 0.744. The minimum atomic E-state index is -0.747. The van der Waals surface area contributed by atoms with E-state index >= 15 is 0 Å². The number of nitrogens with one attached hydrogen (secondary N) is 2. The lowest BCUT2D eigenvalue weighted by atomic mass is 10.1. The molecule has 0 aromatic heterocycles. The quantitative estimate of drug-likeness (QED) is 0.642. The minimum Gasteiger partial charge on any atom is -0.481 e. The number of amides is 1. The molecule has 1 saturated carbocycles. The first-order chi connectivity index (χ1) is 8.02. The maximum atomic E-state index is 11.7. The van der Waals surface area contributed by atoms with E-state index in [1.54, 1.807) is 0 Å². The number of hydrogen-bond donors (Lipinski definition) is 3. The van der Waals surface area contributed by atoms with Crippen LogP contribution in [0.4, 0.5) is 0 Å². The van der Waals surface area contributed by atoms with Crippen molar-refractivity contribution in [3.63, 3.8) is 0 Å². The van der Waals surface area contributed by atoms with Crippen molar-refractivity contribution in [3.8, 4) is 0 Å². The summed E-state index contributed by atoms with van der Waals surface area (Å²) in [6.45, 7) is 4.82. The number of rotatable bonds is 6. The Morgan fingerprint density at radius 2 is 2.12 bits per heavy atom. The first-order valence-corrected chi connectivity index (χ1v) is 6.28. The summed E-state index contributed by atoms with van der Waals surface area (Å²) in [7, 11) is 0. The molecule has 0 radical (unpaired) electrons. The largest absolute Gasteiger partial charge is 0.481 e. The average molecular weight is 242 g/mol. The lowest BCUT2D eigenvalue weighted by molar-refractivity contribution is -0.141. The van der Waals surface area contributed by atoms with Gasteiger partial charge in [-0.15, -0.1) is 0 Å². The van der Waals surface area contributed by atoms with Crippen LogP contribution in [0.5, 0.6) is 0 Å². The second kappa shape index (κ2) is 6.59. The van der Waals surface area contributed by atoms with Gasteiger partial charge in [-0.05, 0) is 32.7 Å². The van der Waals surface area contributed by atoms with Gasteiger partial charge in [0.1, 0.15) is 0 Å². The van der Waals surface area contributed by atoms with Crippen molar-refractivity contribution in [1.82, 2.24) is 10.6 Å². The van der Waals surface area contributed by atoms with Crippen LogP contribution >= 0.6 is 0 Å². The number of aliphatic carboxylic acids is 1. The van der Waals surface area contributed by atoms with Gasteiger partial charge >= 0.3 is 5.97 Å². The Balaban J connectivity index is 2.26. The van der Waals surface area contributed by atoms with Crippen molar-refractivity contribution in [3.05, 3.63) is 0 Å². The van der Waals surface area contributed by atoms with Crippen LogP contribution in [0.15, 0.2) is 0 Å². The van der Waals surface area contributed by atoms with Gasteiger partial charge in [-0.1, -0.05) is 6.92 Å². The van der Waals surface area contributed by atoms with Crippen LogP contribution in [-0.4, -0.2) is 35.6 Å². The smallest absolute Gasteiger partial charge is 0.306 e. The second-order valence-electron chi connectivity index (χ2n) is 4.78. The van der Waals surface area contributed by atoms with Crippen molar-refractivity contribution in [1.29, 1.82) is 0 Å². The van der Waals surface area contributed by atoms with E-state index < -0.39 is 5.97 Å². The summed E-state index contributed by atoms with van der Waals surface area (Å²) < 4.78 is 0. The molecule has 0 saturated heterocycles. The molecule has 1 amide bonds. The van der Waals surface area contributed by atoms with E-state index in [1.807, 2.05) is 13.8 Å². The molecule has 5 heteroatoms. The van der Waals surface area contributed by atoms with Gasteiger partial charge in [-0.2, -0.15) is 0 Å². The SMILES string of the molecule is CCNC(C)CC(=O)N[C@H]1CC[C@@H](C(=O)O)C1. The molecule has 1 unspecified atom stereocenters. The topological polar surface area (TPSA) is 78.4 Å². The summed E-state index contributed by atoms with van der Waals surface area (Å²) in [5, 5.41) is 14.9. The van der Waals surface area contributed by atoms with Crippen LogP contribution in [0.2, 0.25) is 0 Å². The summed E-state index contributed by atoms with van der Waals surface area (Å²) in [6, 6.07) is 0.203. The molecule has 1 rings (SSSR count). The van der Waals surface area contributed by atoms with E-state index in [-0.39, 0.29) is 23.9 Å². The maximum absolute atomic E-state index is 11.7. The lowest BCUT2D eigenvalue weighted by Gasteiger charge is -2.15. The summed E-state index contributed by atoms with van der Waals surface area (Å²) in [5.74, 6) is -1.02. The Bertz CT molecular complexity index is 281. The van der Waals surface area contributed by atoms with Crippen LogP contribution in [0.3, 0.4) is 0 Å². The van der Waals surface area contributed by atoms with E-state index in [1.165, 1.54) is 0 Å². The summed E-state index contributed by atoms with van der Waals surface area (Å²) in [6.07, 6.45) is 2.46. The molecule has 0 aliphatic heterocycles. The Labute approximate surface area is 102 Å². The molecule has 0 bridgehead atoms.